The fourth-order valence-electron chi connectivity index (χ4n) is 3.70. The number of rotatable bonds is 8. The lowest BCUT2D eigenvalue weighted by atomic mass is 10.1. The summed E-state index contributed by atoms with van der Waals surface area (Å²) in [6, 6.07) is 28.4. The highest BCUT2D eigenvalue weighted by atomic mass is 16.5. The van der Waals surface area contributed by atoms with Gasteiger partial charge in [0.1, 0.15) is 29.4 Å². The molecule has 0 fully saturated rings. The SMILES string of the molecule is Nc1ccnc(-c2c(-c3cccc(OCc4ccccc4)c3)noc2NC(=O)Cc2ccccc2)n1. The number of benzene rings is 3. The van der Waals surface area contributed by atoms with E-state index >= 15 is 0 Å². The normalized spacial score (nSPS) is 10.7. The topological polar surface area (TPSA) is 116 Å². The Balaban J connectivity index is 1.45. The van der Waals surface area contributed by atoms with Crippen LogP contribution in [-0.2, 0) is 17.8 Å². The number of nitrogen functional groups attached to an aromatic ring is 1. The zero-order valence-electron chi connectivity index (χ0n) is 19.3. The summed E-state index contributed by atoms with van der Waals surface area (Å²) in [7, 11) is 0. The lowest BCUT2D eigenvalue weighted by molar-refractivity contribution is -0.115. The molecule has 0 aliphatic rings. The summed E-state index contributed by atoms with van der Waals surface area (Å²) in [5.41, 5.74) is 9.46. The maximum atomic E-state index is 12.8. The van der Waals surface area contributed by atoms with Crippen molar-refractivity contribution in [2.24, 2.45) is 0 Å². The van der Waals surface area contributed by atoms with Gasteiger partial charge in [-0.3, -0.25) is 10.1 Å². The van der Waals surface area contributed by atoms with Crippen LogP contribution in [0.4, 0.5) is 11.7 Å². The summed E-state index contributed by atoms with van der Waals surface area (Å²) in [4.78, 5) is 21.4. The van der Waals surface area contributed by atoms with Gasteiger partial charge in [-0.25, -0.2) is 9.97 Å². The Morgan fingerprint density at radius 3 is 2.42 bits per heavy atom. The molecule has 8 heteroatoms. The Hall–Kier alpha value is -4.98. The minimum Gasteiger partial charge on any atom is -0.489 e. The number of hydrogen-bond donors (Lipinski definition) is 2. The first-order chi connectivity index (χ1) is 17.7. The highest BCUT2D eigenvalue weighted by Crippen LogP contribution is 2.37. The molecule has 0 saturated heterocycles. The second-order valence-corrected chi connectivity index (χ2v) is 8.05. The van der Waals surface area contributed by atoms with Gasteiger partial charge in [0.2, 0.25) is 11.8 Å². The molecule has 0 radical (unpaired) electrons. The standard InChI is InChI=1S/C28H23N5O3/c29-23-14-15-30-27(31-23)25-26(33-36-28(25)32-24(34)16-19-8-3-1-4-9-19)21-12-7-13-22(17-21)35-18-20-10-5-2-6-11-20/h1-15,17H,16,18H2,(H,32,34)(H2,29,30,31). The first-order valence-corrected chi connectivity index (χ1v) is 11.4. The first-order valence-electron chi connectivity index (χ1n) is 11.4. The quantitative estimate of drug-likeness (QED) is 0.318. The Labute approximate surface area is 207 Å². The highest BCUT2D eigenvalue weighted by molar-refractivity contribution is 5.97. The molecule has 3 N–H and O–H groups in total. The van der Waals surface area contributed by atoms with Crippen LogP contribution in [0.25, 0.3) is 22.6 Å². The van der Waals surface area contributed by atoms with Crippen LogP contribution in [0.5, 0.6) is 5.75 Å². The largest absolute Gasteiger partial charge is 0.489 e. The molecule has 0 unspecified atom stereocenters. The molecule has 0 bridgehead atoms. The summed E-state index contributed by atoms with van der Waals surface area (Å²) >= 11 is 0. The van der Waals surface area contributed by atoms with E-state index in [-0.39, 0.29) is 29.9 Å². The van der Waals surface area contributed by atoms with Gasteiger partial charge < -0.3 is 15.0 Å². The van der Waals surface area contributed by atoms with Gasteiger partial charge in [-0.2, -0.15) is 0 Å². The second kappa shape index (κ2) is 10.5. The smallest absolute Gasteiger partial charge is 0.243 e. The van der Waals surface area contributed by atoms with Crippen LogP contribution in [0.1, 0.15) is 11.1 Å². The molecule has 0 aliphatic carbocycles. The summed E-state index contributed by atoms with van der Waals surface area (Å²) < 4.78 is 11.6. The van der Waals surface area contributed by atoms with Crippen LogP contribution >= 0.6 is 0 Å². The van der Waals surface area contributed by atoms with E-state index in [1.807, 2.05) is 84.9 Å². The lowest BCUT2D eigenvalue weighted by Crippen LogP contribution is -2.14. The van der Waals surface area contributed by atoms with Crippen molar-refractivity contribution in [1.82, 2.24) is 15.1 Å². The molecule has 36 heavy (non-hydrogen) atoms. The third-order valence-corrected chi connectivity index (χ3v) is 5.41. The van der Waals surface area contributed by atoms with E-state index in [0.29, 0.717) is 29.2 Å². The summed E-state index contributed by atoms with van der Waals surface area (Å²) in [5.74, 6) is 1.13. The predicted octanol–water partition coefficient (Wildman–Crippen LogP) is 5.14. The molecular formula is C28H23N5O3. The van der Waals surface area contributed by atoms with Crippen molar-refractivity contribution >= 4 is 17.6 Å². The number of anilines is 2. The van der Waals surface area contributed by atoms with Crippen molar-refractivity contribution in [1.29, 1.82) is 0 Å². The fourth-order valence-corrected chi connectivity index (χ4v) is 3.70. The van der Waals surface area contributed by atoms with E-state index in [4.69, 9.17) is 15.0 Å². The van der Waals surface area contributed by atoms with Crippen LogP contribution in [0.2, 0.25) is 0 Å². The van der Waals surface area contributed by atoms with E-state index in [1.54, 1.807) is 12.3 Å². The van der Waals surface area contributed by atoms with E-state index in [1.165, 1.54) is 0 Å². The van der Waals surface area contributed by atoms with Crippen LogP contribution in [0.3, 0.4) is 0 Å². The van der Waals surface area contributed by atoms with Crippen LogP contribution in [0, 0.1) is 0 Å². The number of nitrogens with zero attached hydrogens (tertiary/aromatic N) is 3. The van der Waals surface area contributed by atoms with Crippen LogP contribution in [-0.4, -0.2) is 21.0 Å². The van der Waals surface area contributed by atoms with Gasteiger partial charge in [0.25, 0.3) is 0 Å². The molecule has 5 aromatic rings. The van der Waals surface area contributed by atoms with Gasteiger partial charge in [0.05, 0.1) is 6.42 Å². The Kier molecular flexibility index (Phi) is 6.66. The lowest BCUT2D eigenvalue weighted by Gasteiger charge is -2.09. The van der Waals surface area contributed by atoms with Crippen molar-refractivity contribution in [3.8, 4) is 28.4 Å². The minimum absolute atomic E-state index is 0.145. The van der Waals surface area contributed by atoms with E-state index in [9.17, 15) is 4.79 Å². The highest BCUT2D eigenvalue weighted by Gasteiger charge is 2.24. The third kappa shape index (κ3) is 5.39. The molecule has 0 saturated carbocycles. The molecule has 8 nitrogen and oxygen atoms in total. The molecular weight excluding hydrogens is 454 g/mol. The molecule has 2 heterocycles. The van der Waals surface area contributed by atoms with Crippen molar-refractivity contribution in [2.45, 2.75) is 13.0 Å². The monoisotopic (exact) mass is 477 g/mol. The molecule has 0 aliphatic heterocycles. The number of amides is 1. The summed E-state index contributed by atoms with van der Waals surface area (Å²) in [5, 5.41) is 7.05. The Morgan fingerprint density at radius 1 is 0.917 bits per heavy atom. The third-order valence-electron chi connectivity index (χ3n) is 5.41. The zero-order valence-corrected chi connectivity index (χ0v) is 19.3. The van der Waals surface area contributed by atoms with E-state index in [2.05, 4.69) is 20.4 Å². The van der Waals surface area contributed by atoms with E-state index < -0.39 is 0 Å². The van der Waals surface area contributed by atoms with Crippen molar-refractivity contribution in [3.63, 3.8) is 0 Å². The molecule has 5 rings (SSSR count). The molecule has 0 spiro atoms. The first kappa shape index (κ1) is 22.8. The van der Waals surface area contributed by atoms with Gasteiger partial charge in [-0.05, 0) is 29.3 Å². The number of nitrogens with one attached hydrogen (secondary N) is 1. The predicted molar refractivity (Wildman–Crippen MR) is 137 cm³/mol. The summed E-state index contributed by atoms with van der Waals surface area (Å²) in [6.45, 7) is 0.426. The molecule has 3 aromatic carbocycles. The number of aromatic nitrogens is 3. The number of carbonyl (C=O) groups excluding carboxylic acids is 1. The zero-order chi connectivity index (χ0) is 24.7. The number of hydrogen-bond acceptors (Lipinski definition) is 7. The number of carbonyl (C=O) groups is 1. The average molecular weight is 478 g/mol. The molecule has 178 valence electrons. The van der Waals surface area contributed by atoms with Crippen molar-refractivity contribution in [2.75, 3.05) is 11.1 Å². The average Bonchev–Trinajstić information content (AvgIpc) is 3.32. The van der Waals surface area contributed by atoms with Gasteiger partial charge in [-0.15, -0.1) is 0 Å². The van der Waals surface area contributed by atoms with Crippen molar-refractivity contribution < 1.29 is 14.1 Å². The van der Waals surface area contributed by atoms with Crippen molar-refractivity contribution in [3.05, 3.63) is 108 Å². The maximum absolute atomic E-state index is 12.8. The number of ether oxygens (including phenoxy) is 1. The molecule has 2 aromatic heterocycles. The minimum atomic E-state index is -0.256. The fraction of sp³-hybridized carbons (Fsp3) is 0.0714. The van der Waals surface area contributed by atoms with Crippen LogP contribution in [0.15, 0.2) is 102 Å². The second-order valence-electron chi connectivity index (χ2n) is 8.05. The van der Waals surface area contributed by atoms with Crippen LogP contribution < -0.4 is 15.8 Å². The summed E-state index contributed by atoms with van der Waals surface area (Å²) in [6.07, 6.45) is 1.72. The molecule has 1 amide bonds. The van der Waals surface area contributed by atoms with E-state index in [0.717, 1.165) is 11.1 Å². The Morgan fingerprint density at radius 2 is 1.67 bits per heavy atom. The van der Waals surface area contributed by atoms with Gasteiger partial charge in [-0.1, -0.05) is 78.0 Å². The number of nitrogens with two attached hydrogens (primary N) is 1. The Bertz CT molecular complexity index is 1470. The molecule has 0 atom stereocenters. The van der Waals surface area contributed by atoms with Gasteiger partial charge in [0.15, 0.2) is 5.82 Å². The van der Waals surface area contributed by atoms with Gasteiger partial charge >= 0.3 is 0 Å². The maximum Gasteiger partial charge on any atom is 0.243 e. The van der Waals surface area contributed by atoms with Gasteiger partial charge in [0, 0.05) is 11.8 Å².